The molecule has 5 N–H and O–H groups in total. The number of piperidine rings is 1. The maximum Gasteiger partial charge on any atom is 0.273 e. The second-order valence-electron chi connectivity index (χ2n) is 5.24. The zero-order valence-electron chi connectivity index (χ0n) is 11.6. The van der Waals surface area contributed by atoms with E-state index in [9.17, 15) is 14.9 Å². The van der Waals surface area contributed by atoms with Crippen molar-refractivity contribution in [3.8, 4) is 0 Å². The number of hydrogen-bond donors (Lipinski definition) is 3. The lowest BCUT2D eigenvalue weighted by molar-refractivity contribution is -0.384. The van der Waals surface area contributed by atoms with Gasteiger partial charge in [0.1, 0.15) is 0 Å². The average Bonchev–Trinajstić information content (AvgIpc) is 2.46. The lowest BCUT2D eigenvalue weighted by atomic mass is 9.93. The molecule has 1 aliphatic rings. The van der Waals surface area contributed by atoms with Gasteiger partial charge in [-0.1, -0.05) is 0 Å². The summed E-state index contributed by atoms with van der Waals surface area (Å²) in [6.07, 6.45) is 2.09. The fraction of sp³-hybridized carbons (Fsp3) is 0.462. The Hall–Kier alpha value is -2.35. The van der Waals surface area contributed by atoms with Crippen molar-refractivity contribution in [2.45, 2.75) is 19.3 Å². The molecule has 0 radical (unpaired) electrons. The molecule has 0 aromatic heterocycles. The Bertz CT molecular complexity index is 541. The van der Waals surface area contributed by atoms with E-state index in [1.807, 2.05) is 0 Å². The summed E-state index contributed by atoms with van der Waals surface area (Å²) in [7, 11) is 0. The number of amides is 1. The highest BCUT2D eigenvalue weighted by Crippen LogP contribution is 2.30. The van der Waals surface area contributed by atoms with Crippen LogP contribution < -0.4 is 21.9 Å². The van der Waals surface area contributed by atoms with Gasteiger partial charge in [0.2, 0.25) is 5.91 Å². The molecule has 0 spiro atoms. The number of nitrogen functional groups attached to an aromatic ring is 1. The summed E-state index contributed by atoms with van der Waals surface area (Å²) in [5.74, 6) is 5.37. The fourth-order valence-corrected chi connectivity index (χ4v) is 2.65. The Morgan fingerprint density at radius 2 is 2.05 bits per heavy atom. The number of nitro benzene ring substituents is 1. The highest BCUT2D eigenvalue weighted by atomic mass is 16.6. The Morgan fingerprint density at radius 1 is 1.38 bits per heavy atom. The molecule has 1 saturated heterocycles. The predicted molar refractivity (Wildman–Crippen MR) is 79.7 cm³/mol. The molecule has 1 aromatic rings. The number of non-ortho nitro benzene ring substituents is 1. The number of hydrazine groups is 1. The number of carbonyl (C=O) groups is 1. The Morgan fingerprint density at radius 3 is 2.57 bits per heavy atom. The van der Waals surface area contributed by atoms with Crippen molar-refractivity contribution in [1.82, 2.24) is 0 Å². The van der Waals surface area contributed by atoms with Crippen LogP contribution in [0.3, 0.4) is 0 Å². The first-order valence-corrected chi connectivity index (χ1v) is 6.79. The van der Waals surface area contributed by atoms with Crippen LogP contribution >= 0.6 is 0 Å². The largest absolute Gasteiger partial charge is 0.371 e. The van der Waals surface area contributed by atoms with Gasteiger partial charge in [0, 0.05) is 37.3 Å². The van der Waals surface area contributed by atoms with Crippen molar-refractivity contribution in [2.24, 2.45) is 17.5 Å². The quantitative estimate of drug-likeness (QED) is 0.421. The molecule has 1 fully saturated rings. The molecule has 1 aliphatic heterocycles. The van der Waals surface area contributed by atoms with Gasteiger partial charge in [0.25, 0.3) is 5.69 Å². The number of hydrogen-bond acceptors (Lipinski definition) is 6. The Kier molecular flexibility index (Phi) is 4.59. The molecule has 1 amide bonds. The number of nitrogens with one attached hydrogen (secondary N) is 1. The summed E-state index contributed by atoms with van der Waals surface area (Å²) >= 11 is 0. The topological polar surface area (TPSA) is 128 Å². The van der Waals surface area contributed by atoms with Crippen LogP contribution in [0, 0.1) is 16.0 Å². The molecule has 0 saturated carbocycles. The van der Waals surface area contributed by atoms with E-state index in [1.165, 1.54) is 12.1 Å². The van der Waals surface area contributed by atoms with Crippen molar-refractivity contribution < 1.29 is 9.72 Å². The molecule has 0 aliphatic carbocycles. The second kappa shape index (κ2) is 6.40. The van der Waals surface area contributed by atoms with Crippen LogP contribution in [-0.4, -0.2) is 23.9 Å². The maximum absolute atomic E-state index is 10.9. The molecule has 8 nitrogen and oxygen atoms in total. The van der Waals surface area contributed by atoms with Gasteiger partial charge >= 0.3 is 0 Å². The first-order chi connectivity index (χ1) is 9.99. The lowest BCUT2D eigenvalue weighted by Gasteiger charge is -2.33. The Balaban J connectivity index is 2.10. The molecular weight excluding hydrogens is 274 g/mol. The van der Waals surface area contributed by atoms with E-state index in [0.717, 1.165) is 31.6 Å². The van der Waals surface area contributed by atoms with Crippen molar-refractivity contribution in [1.29, 1.82) is 0 Å². The van der Waals surface area contributed by atoms with Crippen LogP contribution in [0.5, 0.6) is 0 Å². The normalized spacial score (nSPS) is 15.8. The summed E-state index contributed by atoms with van der Waals surface area (Å²) in [5.41, 5.74) is 8.91. The SMILES string of the molecule is NNc1cc(N2CCC(CC(N)=O)CC2)cc([N+](=O)[O-])c1. The van der Waals surface area contributed by atoms with Crippen LogP contribution in [-0.2, 0) is 4.79 Å². The molecule has 0 atom stereocenters. The fourth-order valence-electron chi connectivity index (χ4n) is 2.65. The van der Waals surface area contributed by atoms with E-state index in [0.29, 0.717) is 18.0 Å². The molecule has 8 heteroatoms. The van der Waals surface area contributed by atoms with Crippen LogP contribution in [0.2, 0.25) is 0 Å². The third-order valence-electron chi connectivity index (χ3n) is 3.75. The number of nitro groups is 1. The molecular formula is C13H19N5O3. The van der Waals surface area contributed by atoms with E-state index >= 15 is 0 Å². The average molecular weight is 293 g/mol. The van der Waals surface area contributed by atoms with Gasteiger partial charge in [-0.3, -0.25) is 20.8 Å². The smallest absolute Gasteiger partial charge is 0.273 e. The van der Waals surface area contributed by atoms with Crippen LogP contribution in [0.25, 0.3) is 0 Å². The van der Waals surface area contributed by atoms with Crippen molar-refractivity contribution in [2.75, 3.05) is 23.4 Å². The predicted octanol–water partition coefficient (Wildman–Crippen LogP) is 0.972. The number of anilines is 2. The van der Waals surface area contributed by atoms with Crippen LogP contribution in [0.4, 0.5) is 17.1 Å². The second-order valence-corrected chi connectivity index (χ2v) is 5.24. The minimum atomic E-state index is -0.440. The molecule has 0 unspecified atom stereocenters. The summed E-state index contributed by atoms with van der Waals surface area (Å²) in [4.78, 5) is 23.5. The summed E-state index contributed by atoms with van der Waals surface area (Å²) in [6, 6.07) is 4.71. The first kappa shape index (κ1) is 15.0. The highest BCUT2D eigenvalue weighted by molar-refractivity contribution is 5.74. The molecule has 1 aromatic carbocycles. The third-order valence-corrected chi connectivity index (χ3v) is 3.75. The molecule has 114 valence electrons. The minimum Gasteiger partial charge on any atom is -0.371 e. The van der Waals surface area contributed by atoms with Gasteiger partial charge in [-0.15, -0.1) is 0 Å². The summed E-state index contributed by atoms with van der Waals surface area (Å²) in [5, 5.41) is 10.9. The van der Waals surface area contributed by atoms with Gasteiger partial charge in [-0.05, 0) is 24.8 Å². The van der Waals surface area contributed by atoms with Crippen molar-refractivity contribution in [3.63, 3.8) is 0 Å². The lowest BCUT2D eigenvalue weighted by Crippen LogP contribution is -2.35. The van der Waals surface area contributed by atoms with Gasteiger partial charge in [-0.25, -0.2) is 0 Å². The zero-order valence-corrected chi connectivity index (χ0v) is 11.6. The van der Waals surface area contributed by atoms with Gasteiger partial charge in [-0.2, -0.15) is 0 Å². The van der Waals surface area contributed by atoms with E-state index in [4.69, 9.17) is 11.6 Å². The number of benzene rings is 1. The van der Waals surface area contributed by atoms with E-state index in [1.54, 1.807) is 6.07 Å². The molecule has 21 heavy (non-hydrogen) atoms. The van der Waals surface area contributed by atoms with E-state index < -0.39 is 4.92 Å². The zero-order chi connectivity index (χ0) is 15.4. The number of nitrogens with two attached hydrogens (primary N) is 2. The monoisotopic (exact) mass is 293 g/mol. The Labute approximate surface area is 122 Å². The first-order valence-electron chi connectivity index (χ1n) is 6.79. The van der Waals surface area contributed by atoms with Crippen molar-refractivity contribution in [3.05, 3.63) is 28.3 Å². The van der Waals surface area contributed by atoms with E-state index in [-0.39, 0.29) is 11.6 Å². The van der Waals surface area contributed by atoms with Crippen LogP contribution in [0.15, 0.2) is 18.2 Å². The van der Waals surface area contributed by atoms with E-state index in [2.05, 4.69) is 10.3 Å². The van der Waals surface area contributed by atoms with Gasteiger partial charge < -0.3 is 16.1 Å². The summed E-state index contributed by atoms with van der Waals surface area (Å²) in [6.45, 7) is 1.48. The highest BCUT2D eigenvalue weighted by Gasteiger charge is 2.22. The number of rotatable bonds is 5. The van der Waals surface area contributed by atoms with Gasteiger partial charge in [0.05, 0.1) is 10.6 Å². The molecule has 0 bridgehead atoms. The molecule has 2 rings (SSSR count). The summed E-state index contributed by atoms with van der Waals surface area (Å²) < 4.78 is 0. The minimum absolute atomic E-state index is 0.000269. The number of nitrogens with zero attached hydrogens (tertiary/aromatic N) is 2. The maximum atomic E-state index is 10.9. The molecule has 1 heterocycles. The van der Waals surface area contributed by atoms with Crippen LogP contribution in [0.1, 0.15) is 19.3 Å². The standard InChI is InChI=1S/C13H19N5O3/c14-13(19)5-9-1-3-17(4-2-9)11-6-10(16-15)7-12(8-11)18(20)21/h6-9,16H,1-5,15H2,(H2,14,19). The third kappa shape index (κ3) is 3.82. The number of primary amides is 1. The van der Waals surface area contributed by atoms with Crippen molar-refractivity contribution >= 4 is 23.0 Å². The van der Waals surface area contributed by atoms with Gasteiger partial charge in [0.15, 0.2) is 0 Å². The number of carbonyl (C=O) groups excluding carboxylic acids is 1.